The molecule has 7 unspecified atom stereocenters. The molecule has 0 aromatic rings. The van der Waals surface area contributed by atoms with Gasteiger partial charge in [-0.1, -0.05) is 58.4 Å². The van der Waals surface area contributed by atoms with E-state index in [0.29, 0.717) is 24.4 Å². The molecule has 7 atom stereocenters. The van der Waals surface area contributed by atoms with Crippen molar-refractivity contribution in [2.45, 2.75) is 106 Å². The highest BCUT2D eigenvalue weighted by atomic mass is 16.3. The predicted octanol–water partition coefficient (Wildman–Crippen LogP) is 7.23. The van der Waals surface area contributed by atoms with E-state index in [2.05, 4.69) is 66.7 Å². The van der Waals surface area contributed by atoms with Gasteiger partial charge in [0.2, 0.25) is 0 Å². The molecule has 2 heteroatoms. The average molecular weight is 441 g/mol. The highest BCUT2D eigenvalue weighted by Crippen LogP contribution is 2.71. The van der Waals surface area contributed by atoms with Crippen LogP contribution in [-0.2, 0) is 0 Å². The minimum Gasteiger partial charge on any atom is -0.396 e. The second-order valence-corrected chi connectivity index (χ2v) is 13.2. The van der Waals surface area contributed by atoms with Crippen LogP contribution >= 0.6 is 0 Å². The summed E-state index contributed by atoms with van der Waals surface area (Å²) < 4.78 is 0. The van der Waals surface area contributed by atoms with E-state index in [9.17, 15) is 10.2 Å². The largest absolute Gasteiger partial charge is 0.396 e. The fourth-order valence-corrected chi connectivity index (χ4v) is 8.79. The van der Waals surface area contributed by atoms with Crippen LogP contribution in [0.1, 0.15) is 99.8 Å². The molecule has 4 aliphatic rings. The Morgan fingerprint density at radius 1 is 1.06 bits per heavy atom. The average Bonchev–Trinajstić information content (AvgIpc) is 3.00. The van der Waals surface area contributed by atoms with Gasteiger partial charge in [0.05, 0.1) is 6.10 Å². The molecule has 0 spiro atoms. The predicted molar refractivity (Wildman–Crippen MR) is 134 cm³/mol. The van der Waals surface area contributed by atoms with Crippen molar-refractivity contribution in [2.24, 2.45) is 39.4 Å². The first kappa shape index (κ1) is 24.3. The SMILES string of the molecule is CC(C)=CCCC(CO)C1CCC2(C)C3=CCC4C(C)(CCC(O)C4(C)C)C3=CCC12C. The minimum absolute atomic E-state index is 0.0390. The number of fused-ring (bicyclic) bond motifs is 5. The third kappa shape index (κ3) is 3.34. The van der Waals surface area contributed by atoms with E-state index in [1.54, 1.807) is 11.1 Å². The first-order valence-electron chi connectivity index (χ1n) is 13.3. The molecular formula is C30H48O2. The Labute approximate surface area is 197 Å². The van der Waals surface area contributed by atoms with Crippen molar-refractivity contribution < 1.29 is 10.2 Å². The van der Waals surface area contributed by atoms with Crippen molar-refractivity contribution in [2.75, 3.05) is 6.61 Å². The summed E-state index contributed by atoms with van der Waals surface area (Å²) in [6.07, 6.45) is 16.2. The van der Waals surface area contributed by atoms with Crippen LogP contribution in [0.4, 0.5) is 0 Å². The molecule has 0 heterocycles. The standard InChI is InChI=1S/C30H48O2/c1-20(2)9-8-10-21(19-31)22-13-17-30(7)24-11-12-25-27(3,4)26(32)15-16-28(25,5)23(24)14-18-29(22,30)6/h9,11,14,21-22,25-26,31-32H,8,10,12-13,15-19H2,1-7H3. The maximum atomic E-state index is 10.8. The van der Waals surface area contributed by atoms with Gasteiger partial charge in [-0.2, -0.15) is 0 Å². The van der Waals surface area contributed by atoms with Crippen molar-refractivity contribution in [1.29, 1.82) is 0 Å². The van der Waals surface area contributed by atoms with E-state index >= 15 is 0 Å². The molecule has 0 amide bonds. The van der Waals surface area contributed by atoms with Crippen molar-refractivity contribution in [3.05, 3.63) is 34.9 Å². The van der Waals surface area contributed by atoms with E-state index in [-0.39, 0.29) is 27.8 Å². The summed E-state index contributed by atoms with van der Waals surface area (Å²) in [5.74, 6) is 1.48. The van der Waals surface area contributed by atoms with E-state index in [0.717, 1.165) is 38.5 Å². The molecule has 2 nitrogen and oxygen atoms in total. The van der Waals surface area contributed by atoms with Crippen LogP contribution in [-0.4, -0.2) is 22.9 Å². The van der Waals surface area contributed by atoms with Gasteiger partial charge in [-0.15, -0.1) is 0 Å². The lowest BCUT2D eigenvalue weighted by atomic mass is 9.44. The zero-order valence-electron chi connectivity index (χ0n) is 21.8. The van der Waals surface area contributed by atoms with Crippen LogP contribution < -0.4 is 0 Å². The van der Waals surface area contributed by atoms with Crippen LogP contribution in [0, 0.1) is 39.4 Å². The van der Waals surface area contributed by atoms with Gasteiger partial charge in [0, 0.05) is 6.61 Å². The van der Waals surface area contributed by atoms with Gasteiger partial charge in [-0.3, -0.25) is 0 Å². The lowest BCUT2D eigenvalue weighted by Gasteiger charge is -2.61. The van der Waals surface area contributed by atoms with E-state index in [4.69, 9.17) is 0 Å². The number of hydrogen-bond donors (Lipinski definition) is 2. The van der Waals surface area contributed by atoms with Gasteiger partial charge in [-0.25, -0.2) is 0 Å². The second-order valence-electron chi connectivity index (χ2n) is 13.2. The van der Waals surface area contributed by atoms with Crippen LogP contribution in [0.2, 0.25) is 0 Å². The van der Waals surface area contributed by atoms with Crippen LogP contribution in [0.25, 0.3) is 0 Å². The summed E-state index contributed by atoms with van der Waals surface area (Å²) in [6, 6.07) is 0. The summed E-state index contributed by atoms with van der Waals surface area (Å²) in [5, 5.41) is 21.2. The van der Waals surface area contributed by atoms with Crippen molar-refractivity contribution in [3.63, 3.8) is 0 Å². The van der Waals surface area contributed by atoms with E-state index in [1.807, 2.05) is 0 Å². The number of aliphatic hydroxyl groups excluding tert-OH is 2. The zero-order chi connectivity index (χ0) is 23.5. The second kappa shape index (κ2) is 8.12. The molecule has 0 aliphatic heterocycles. The highest BCUT2D eigenvalue weighted by molar-refractivity contribution is 5.49. The molecule has 0 aromatic carbocycles. The Balaban J connectivity index is 1.67. The van der Waals surface area contributed by atoms with Gasteiger partial charge < -0.3 is 10.2 Å². The van der Waals surface area contributed by atoms with Gasteiger partial charge in [0.1, 0.15) is 0 Å². The lowest BCUT2D eigenvalue weighted by Crippen LogP contribution is -2.54. The number of hydrogen-bond acceptors (Lipinski definition) is 2. The smallest absolute Gasteiger partial charge is 0.0594 e. The van der Waals surface area contributed by atoms with Gasteiger partial charge in [0.15, 0.2) is 0 Å². The molecule has 0 aromatic heterocycles. The Kier molecular flexibility index (Phi) is 6.16. The molecule has 0 saturated heterocycles. The van der Waals surface area contributed by atoms with Gasteiger partial charge in [-0.05, 0) is 116 Å². The van der Waals surface area contributed by atoms with E-state index in [1.165, 1.54) is 18.4 Å². The summed E-state index contributed by atoms with van der Waals surface area (Å²) in [5.41, 5.74) is 5.16. The van der Waals surface area contributed by atoms with Gasteiger partial charge in [0.25, 0.3) is 0 Å². The number of rotatable bonds is 5. The maximum absolute atomic E-state index is 10.8. The van der Waals surface area contributed by atoms with Crippen LogP contribution in [0.15, 0.2) is 34.9 Å². The molecule has 180 valence electrons. The Hall–Kier alpha value is -0.860. The molecule has 2 saturated carbocycles. The summed E-state index contributed by atoms with van der Waals surface area (Å²) in [6.45, 7) is 16.8. The van der Waals surface area contributed by atoms with Crippen LogP contribution in [0.3, 0.4) is 0 Å². The number of allylic oxidation sites excluding steroid dienone is 6. The normalized spacial score (nSPS) is 43.3. The number of aliphatic hydroxyl groups is 2. The lowest BCUT2D eigenvalue weighted by molar-refractivity contribution is -0.0852. The Morgan fingerprint density at radius 3 is 2.44 bits per heavy atom. The molecule has 4 rings (SSSR count). The third-order valence-electron chi connectivity index (χ3n) is 11.2. The first-order valence-corrected chi connectivity index (χ1v) is 13.3. The topological polar surface area (TPSA) is 40.5 Å². The molecular weight excluding hydrogens is 392 g/mol. The highest BCUT2D eigenvalue weighted by Gasteiger charge is 2.63. The molecule has 4 aliphatic carbocycles. The van der Waals surface area contributed by atoms with Crippen molar-refractivity contribution in [3.8, 4) is 0 Å². The monoisotopic (exact) mass is 440 g/mol. The summed E-state index contributed by atoms with van der Waals surface area (Å²) >= 11 is 0. The zero-order valence-corrected chi connectivity index (χ0v) is 21.8. The van der Waals surface area contributed by atoms with Crippen LogP contribution in [0.5, 0.6) is 0 Å². The van der Waals surface area contributed by atoms with Gasteiger partial charge >= 0.3 is 0 Å². The first-order chi connectivity index (χ1) is 14.9. The molecule has 0 radical (unpaired) electrons. The fourth-order valence-electron chi connectivity index (χ4n) is 8.79. The molecule has 2 fully saturated rings. The third-order valence-corrected chi connectivity index (χ3v) is 11.2. The van der Waals surface area contributed by atoms with Crippen molar-refractivity contribution >= 4 is 0 Å². The molecule has 32 heavy (non-hydrogen) atoms. The fraction of sp³-hybridized carbons (Fsp3) is 0.800. The molecule has 0 bridgehead atoms. The quantitative estimate of drug-likeness (QED) is 0.443. The minimum atomic E-state index is -0.192. The Morgan fingerprint density at radius 2 is 1.78 bits per heavy atom. The maximum Gasteiger partial charge on any atom is 0.0594 e. The Bertz CT molecular complexity index is 828. The van der Waals surface area contributed by atoms with E-state index < -0.39 is 0 Å². The summed E-state index contributed by atoms with van der Waals surface area (Å²) in [4.78, 5) is 0. The summed E-state index contributed by atoms with van der Waals surface area (Å²) in [7, 11) is 0. The molecule has 2 N–H and O–H groups in total. The van der Waals surface area contributed by atoms with Crippen molar-refractivity contribution in [1.82, 2.24) is 0 Å².